The van der Waals surface area contributed by atoms with E-state index in [0.29, 0.717) is 0 Å². The van der Waals surface area contributed by atoms with Gasteiger partial charge in [-0.05, 0) is 20.8 Å². The summed E-state index contributed by atoms with van der Waals surface area (Å²) in [6, 6.07) is 0. The van der Waals surface area contributed by atoms with Gasteiger partial charge < -0.3 is 25.4 Å². The van der Waals surface area contributed by atoms with Crippen LogP contribution in [-0.2, 0) is 4.74 Å². The second-order valence-electron chi connectivity index (χ2n) is 5.54. The first-order valence-electron chi connectivity index (χ1n) is 6.48. The monoisotopic (exact) mass is 313 g/mol. The SMILES string of the molecule is CC(C)(C)OC(=O)NCC(O)C(O)c1cnc(C(=O)O)nc1. The van der Waals surface area contributed by atoms with Gasteiger partial charge in [0.05, 0.1) is 0 Å². The van der Waals surface area contributed by atoms with E-state index in [-0.39, 0.29) is 12.1 Å². The number of rotatable bonds is 5. The predicted molar refractivity (Wildman–Crippen MR) is 74.2 cm³/mol. The van der Waals surface area contributed by atoms with Crippen molar-refractivity contribution in [3.63, 3.8) is 0 Å². The van der Waals surface area contributed by atoms with Crippen molar-refractivity contribution in [2.45, 2.75) is 38.6 Å². The number of nitrogens with one attached hydrogen (secondary N) is 1. The van der Waals surface area contributed by atoms with E-state index in [2.05, 4.69) is 15.3 Å². The summed E-state index contributed by atoms with van der Waals surface area (Å²) in [4.78, 5) is 29.1. The Morgan fingerprint density at radius 2 is 1.82 bits per heavy atom. The number of nitrogens with zero attached hydrogens (tertiary/aromatic N) is 2. The molecule has 0 radical (unpaired) electrons. The molecule has 0 aliphatic heterocycles. The van der Waals surface area contributed by atoms with E-state index in [1.165, 1.54) is 0 Å². The van der Waals surface area contributed by atoms with Crippen LogP contribution in [0.25, 0.3) is 0 Å². The third-order valence-electron chi connectivity index (χ3n) is 2.42. The van der Waals surface area contributed by atoms with Gasteiger partial charge in [0.1, 0.15) is 17.8 Å². The van der Waals surface area contributed by atoms with Crippen LogP contribution in [0, 0.1) is 0 Å². The number of aliphatic hydroxyl groups excluding tert-OH is 2. The van der Waals surface area contributed by atoms with Crippen molar-refractivity contribution < 1.29 is 29.6 Å². The third-order valence-corrected chi connectivity index (χ3v) is 2.42. The van der Waals surface area contributed by atoms with E-state index in [4.69, 9.17) is 9.84 Å². The van der Waals surface area contributed by atoms with Gasteiger partial charge in [0.15, 0.2) is 0 Å². The summed E-state index contributed by atoms with van der Waals surface area (Å²) in [5.41, 5.74) is -0.544. The molecule has 4 N–H and O–H groups in total. The molecule has 1 amide bonds. The summed E-state index contributed by atoms with van der Waals surface area (Å²) in [5.74, 6) is -1.72. The lowest BCUT2D eigenvalue weighted by Crippen LogP contribution is -2.38. The van der Waals surface area contributed by atoms with Crippen LogP contribution >= 0.6 is 0 Å². The normalized spacial score (nSPS) is 14.0. The third kappa shape index (κ3) is 5.62. The molecule has 0 aliphatic rings. The smallest absolute Gasteiger partial charge is 0.407 e. The fraction of sp³-hybridized carbons (Fsp3) is 0.538. The summed E-state index contributed by atoms with van der Waals surface area (Å²) in [6.07, 6.45) is -1.24. The van der Waals surface area contributed by atoms with Crippen LogP contribution in [-0.4, -0.2) is 55.6 Å². The van der Waals surface area contributed by atoms with E-state index in [1.807, 2.05) is 0 Å². The second-order valence-corrected chi connectivity index (χ2v) is 5.54. The highest BCUT2D eigenvalue weighted by Crippen LogP contribution is 2.15. The fourth-order valence-electron chi connectivity index (χ4n) is 1.44. The topological polar surface area (TPSA) is 142 Å². The average Bonchev–Trinajstić information content (AvgIpc) is 2.42. The number of aliphatic hydroxyl groups is 2. The van der Waals surface area contributed by atoms with Gasteiger partial charge in [-0.25, -0.2) is 19.6 Å². The molecular weight excluding hydrogens is 294 g/mol. The van der Waals surface area contributed by atoms with Gasteiger partial charge in [-0.15, -0.1) is 0 Å². The number of carbonyl (C=O) groups is 2. The number of aromatic carboxylic acids is 1. The molecule has 2 atom stereocenters. The first-order chi connectivity index (χ1) is 10.1. The minimum atomic E-state index is -1.38. The van der Waals surface area contributed by atoms with Gasteiger partial charge in [-0.2, -0.15) is 0 Å². The zero-order valence-electron chi connectivity index (χ0n) is 12.5. The number of aromatic nitrogens is 2. The number of carboxylic acids is 1. The Bertz CT molecular complexity index is 526. The van der Waals surface area contributed by atoms with Crippen LogP contribution < -0.4 is 5.32 Å². The van der Waals surface area contributed by atoms with Gasteiger partial charge in [0.25, 0.3) is 0 Å². The van der Waals surface area contributed by atoms with Crippen LogP contribution in [0.4, 0.5) is 4.79 Å². The van der Waals surface area contributed by atoms with Crippen LogP contribution in [0.15, 0.2) is 12.4 Å². The molecule has 122 valence electrons. The lowest BCUT2D eigenvalue weighted by Gasteiger charge is -2.22. The van der Waals surface area contributed by atoms with Gasteiger partial charge in [0, 0.05) is 24.5 Å². The molecule has 0 aromatic carbocycles. The molecule has 9 heteroatoms. The molecule has 1 rings (SSSR count). The predicted octanol–water partition coefficient (Wildman–Crippen LogP) is 0.0938. The van der Waals surface area contributed by atoms with Crippen molar-refractivity contribution in [3.8, 4) is 0 Å². The molecular formula is C13H19N3O6. The summed E-state index contributed by atoms with van der Waals surface area (Å²) >= 11 is 0. The highest BCUT2D eigenvalue weighted by Gasteiger charge is 2.22. The van der Waals surface area contributed by atoms with Crippen molar-refractivity contribution in [3.05, 3.63) is 23.8 Å². The quantitative estimate of drug-likeness (QED) is 0.599. The van der Waals surface area contributed by atoms with Crippen LogP contribution in [0.1, 0.15) is 43.1 Å². The van der Waals surface area contributed by atoms with Crippen molar-refractivity contribution in [2.75, 3.05) is 6.54 Å². The molecule has 0 fully saturated rings. The molecule has 1 aromatic heterocycles. The first kappa shape index (κ1) is 17.8. The number of carbonyl (C=O) groups excluding carboxylic acids is 1. The highest BCUT2D eigenvalue weighted by atomic mass is 16.6. The Hall–Kier alpha value is -2.26. The summed E-state index contributed by atoms with van der Waals surface area (Å²) in [5, 5.41) is 30.7. The lowest BCUT2D eigenvalue weighted by molar-refractivity contribution is 0.0125. The molecule has 22 heavy (non-hydrogen) atoms. The number of hydrogen-bond donors (Lipinski definition) is 4. The van der Waals surface area contributed by atoms with E-state index in [1.54, 1.807) is 20.8 Å². The van der Waals surface area contributed by atoms with E-state index >= 15 is 0 Å². The maximum Gasteiger partial charge on any atom is 0.407 e. The van der Waals surface area contributed by atoms with Crippen molar-refractivity contribution in [1.29, 1.82) is 0 Å². The largest absolute Gasteiger partial charge is 0.475 e. The Balaban J connectivity index is 2.56. The van der Waals surface area contributed by atoms with E-state index < -0.39 is 35.7 Å². The molecule has 0 spiro atoms. The minimum absolute atomic E-state index is 0.128. The van der Waals surface area contributed by atoms with E-state index in [0.717, 1.165) is 12.4 Å². The molecule has 1 aromatic rings. The number of amides is 1. The molecule has 0 saturated carbocycles. The Morgan fingerprint density at radius 3 is 2.27 bits per heavy atom. The zero-order valence-corrected chi connectivity index (χ0v) is 12.5. The van der Waals surface area contributed by atoms with Crippen LogP contribution in [0.3, 0.4) is 0 Å². The number of ether oxygens (including phenoxy) is 1. The maximum atomic E-state index is 11.4. The second kappa shape index (κ2) is 7.14. The van der Waals surface area contributed by atoms with Gasteiger partial charge >= 0.3 is 12.1 Å². The summed E-state index contributed by atoms with van der Waals surface area (Å²) < 4.78 is 4.98. The molecule has 0 bridgehead atoms. The van der Waals surface area contributed by atoms with E-state index in [9.17, 15) is 19.8 Å². The molecule has 2 unspecified atom stereocenters. The maximum absolute atomic E-state index is 11.4. The van der Waals surface area contributed by atoms with Crippen LogP contribution in [0.2, 0.25) is 0 Å². The van der Waals surface area contributed by atoms with Crippen molar-refractivity contribution in [2.24, 2.45) is 0 Å². The lowest BCUT2D eigenvalue weighted by atomic mass is 10.1. The standard InChI is InChI=1S/C13H19N3O6/c1-13(2,3)22-12(21)16-6-8(17)9(18)7-4-14-10(11(19)20)15-5-7/h4-5,8-9,17-18H,6H2,1-3H3,(H,16,21)(H,19,20). The fourth-order valence-corrected chi connectivity index (χ4v) is 1.44. The van der Waals surface area contributed by atoms with Crippen molar-refractivity contribution >= 4 is 12.1 Å². The number of carboxylic acid groups (broad SMARTS) is 1. The zero-order chi connectivity index (χ0) is 16.9. The molecule has 1 heterocycles. The Morgan fingerprint density at radius 1 is 1.27 bits per heavy atom. The van der Waals surface area contributed by atoms with Crippen molar-refractivity contribution in [1.82, 2.24) is 15.3 Å². The minimum Gasteiger partial charge on any atom is -0.475 e. The Kier molecular flexibility index (Phi) is 5.77. The molecule has 0 aliphatic carbocycles. The van der Waals surface area contributed by atoms with Gasteiger partial charge in [0.2, 0.25) is 5.82 Å². The van der Waals surface area contributed by atoms with Crippen LogP contribution in [0.5, 0.6) is 0 Å². The Labute approximate surface area is 127 Å². The van der Waals surface area contributed by atoms with Gasteiger partial charge in [-0.3, -0.25) is 0 Å². The number of hydrogen-bond acceptors (Lipinski definition) is 7. The first-order valence-corrected chi connectivity index (χ1v) is 6.48. The highest BCUT2D eigenvalue weighted by molar-refractivity contribution is 5.82. The summed E-state index contributed by atoms with van der Waals surface area (Å²) in [6.45, 7) is 4.83. The molecule has 9 nitrogen and oxygen atoms in total. The molecule has 0 saturated heterocycles. The summed E-state index contributed by atoms with van der Waals surface area (Å²) in [7, 11) is 0. The van der Waals surface area contributed by atoms with Gasteiger partial charge in [-0.1, -0.05) is 0 Å². The average molecular weight is 313 g/mol. The number of alkyl carbamates (subject to hydrolysis) is 1.